The van der Waals surface area contributed by atoms with Gasteiger partial charge in [-0.3, -0.25) is 4.72 Å². The molecule has 1 saturated carbocycles. The summed E-state index contributed by atoms with van der Waals surface area (Å²) in [5, 5.41) is 0. The molecule has 4 rings (SSSR count). The van der Waals surface area contributed by atoms with Crippen LogP contribution in [0.4, 0.5) is 13.2 Å². The fraction of sp³-hybridized carbons (Fsp3) is 0.348. The number of benzene rings is 2. The van der Waals surface area contributed by atoms with E-state index in [1.165, 1.54) is 24.2 Å². The van der Waals surface area contributed by atoms with Crippen LogP contribution in [-0.4, -0.2) is 17.0 Å². The highest BCUT2D eigenvalue weighted by Gasteiger charge is 2.34. The van der Waals surface area contributed by atoms with E-state index in [9.17, 15) is 13.2 Å². The molecule has 0 amide bonds. The van der Waals surface area contributed by atoms with Crippen LogP contribution in [0.3, 0.4) is 0 Å². The van der Waals surface area contributed by atoms with E-state index in [-0.39, 0.29) is 5.56 Å². The summed E-state index contributed by atoms with van der Waals surface area (Å²) >= 11 is 1.46. The fourth-order valence-corrected chi connectivity index (χ4v) is 4.46. The SMILES string of the molecule is CNSc1ccc(Oc2ccc(C(F)(F)F)cc2-c2cnc(C3(N)CCCCC3)[nH]2)cc1. The molecular weight excluding hydrogens is 437 g/mol. The Balaban J connectivity index is 1.69. The highest BCUT2D eigenvalue weighted by atomic mass is 32.2. The summed E-state index contributed by atoms with van der Waals surface area (Å²) in [6.07, 6.45) is 1.79. The summed E-state index contributed by atoms with van der Waals surface area (Å²) in [6, 6.07) is 10.7. The maximum atomic E-state index is 13.4. The number of nitrogens with zero attached hydrogens (tertiary/aromatic N) is 1. The van der Waals surface area contributed by atoms with Gasteiger partial charge in [-0.05, 0) is 74.3 Å². The third-order valence-corrected chi connectivity index (χ3v) is 6.37. The van der Waals surface area contributed by atoms with Gasteiger partial charge >= 0.3 is 6.18 Å². The summed E-state index contributed by atoms with van der Waals surface area (Å²) in [7, 11) is 1.82. The smallest absolute Gasteiger partial charge is 0.416 e. The van der Waals surface area contributed by atoms with Gasteiger partial charge in [0, 0.05) is 10.5 Å². The van der Waals surface area contributed by atoms with Crippen LogP contribution in [-0.2, 0) is 11.7 Å². The van der Waals surface area contributed by atoms with Crippen molar-refractivity contribution in [3.05, 3.63) is 60.0 Å². The van der Waals surface area contributed by atoms with Crippen LogP contribution >= 0.6 is 11.9 Å². The highest BCUT2D eigenvalue weighted by molar-refractivity contribution is 7.97. The molecule has 170 valence electrons. The molecule has 2 aromatic carbocycles. The Morgan fingerprint density at radius 2 is 1.81 bits per heavy atom. The Hall–Kier alpha value is -2.49. The van der Waals surface area contributed by atoms with Crippen LogP contribution in [0.2, 0.25) is 0 Å². The second-order valence-corrected chi connectivity index (χ2v) is 9.03. The topological polar surface area (TPSA) is 76.0 Å². The Labute approximate surface area is 189 Å². The number of aromatic nitrogens is 2. The number of hydrogen-bond acceptors (Lipinski definition) is 5. The van der Waals surface area contributed by atoms with E-state index >= 15 is 0 Å². The zero-order valence-electron chi connectivity index (χ0n) is 17.6. The van der Waals surface area contributed by atoms with Crippen molar-refractivity contribution in [2.75, 3.05) is 7.05 Å². The summed E-state index contributed by atoms with van der Waals surface area (Å²) < 4.78 is 49.2. The minimum Gasteiger partial charge on any atom is -0.457 e. The predicted molar refractivity (Wildman–Crippen MR) is 119 cm³/mol. The van der Waals surface area contributed by atoms with E-state index in [0.717, 1.165) is 49.1 Å². The van der Waals surface area contributed by atoms with Crippen LogP contribution in [0.25, 0.3) is 11.3 Å². The number of rotatable bonds is 6. The molecular formula is C23H25F3N4OS. The maximum Gasteiger partial charge on any atom is 0.416 e. The Bertz CT molecular complexity index is 1060. The fourth-order valence-electron chi connectivity index (χ4n) is 3.96. The van der Waals surface area contributed by atoms with Crippen molar-refractivity contribution in [2.24, 2.45) is 5.73 Å². The number of alkyl halides is 3. The highest BCUT2D eigenvalue weighted by Crippen LogP contribution is 2.40. The van der Waals surface area contributed by atoms with Crippen molar-refractivity contribution >= 4 is 11.9 Å². The molecule has 0 bridgehead atoms. The quantitative estimate of drug-likeness (QED) is 0.379. The minimum atomic E-state index is -4.47. The molecule has 5 nitrogen and oxygen atoms in total. The number of nitrogens with two attached hydrogens (primary N) is 1. The van der Waals surface area contributed by atoms with Gasteiger partial charge in [0.05, 0.1) is 23.0 Å². The Morgan fingerprint density at radius 1 is 1.09 bits per heavy atom. The van der Waals surface area contributed by atoms with Gasteiger partial charge in [0.2, 0.25) is 0 Å². The van der Waals surface area contributed by atoms with Crippen molar-refractivity contribution in [1.29, 1.82) is 0 Å². The normalized spacial score (nSPS) is 16.2. The zero-order chi connectivity index (χ0) is 22.8. The third-order valence-electron chi connectivity index (χ3n) is 5.66. The molecule has 9 heteroatoms. The van der Waals surface area contributed by atoms with Crippen molar-refractivity contribution < 1.29 is 17.9 Å². The molecule has 32 heavy (non-hydrogen) atoms. The van der Waals surface area contributed by atoms with Crippen molar-refractivity contribution in [3.63, 3.8) is 0 Å². The zero-order valence-corrected chi connectivity index (χ0v) is 18.4. The van der Waals surface area contributed by atoms with Crippen LogP contribution in [0, 0.1) is 0 Å². The Morgan fingerprint density at radius 3 is 2.47 bits per heavy atom. The van der Waals surface area contributed by atoms with Crippen LogP contribution in [0.15, 0.2) is 53.6 Å². The molecule has 1 aromatic heterocycles. The summed E-state index contributed by atoms with van der Waals surface area (Å²) in [4.78, 5) is 8.60. The maximum absolute atomic E-state index is 13.4. The van der Waals surface area contributed by atoms with Crippen LogP contribution < -0.4 is 15.2 Å². The van der Waals surface area contributed by atoms with Crippen molar-refractivity contribution in [3.8, 4) is 22.8 Å². The van der Waals surface area contributed by atoms with E-state index in [0.29, 0.717) is 23.0 Å². The Kier molecular flexibility index (Phi) is 6.50. The van der Waals surface area contributed by atoms with Gasteiger partial charge in [-0.25, -0.2) is 4.98 Å². The average Bonchev–Trinajstić information content (AvgIpc) is 3.26. The second-order valence-electron chi connectivity index (χ2n) is 7.95. The molecule has 3 aromatic rings. The lowest BCUT2D eigenvalue weighted by Gasteiger charge is -2.31. The van der Waals surface area contributed by atoms with E-state index in [1.54, 1.807) is 12.1 Å². The first-order chi connectivity index (χ1) is 15.3. The molecule has 1 fully saturated rings. The lowest BCUT2D eigenvalue weighted by atomic mass is 9.82. The molecule has 0 atom stereocenters. The van der Waals surface area contributed by atoms with Gasteiger partial charge in [-0.1, -0.05) is 19.3 Å². The number of nitrogens with one attached hydrogen (secondary N) is 2. The summed E-state index contributed by atoms with van der Waals surface area (Å²) in [5.41, 5.74) is 5.95. The molecule has 1 aliphatic carbocycles. The molecule has 1 heterocycles. The van der Waals surface area contributed by atoms with Gasteiger partial charge in [0.1, 0.15) is 17.3 Å². The molecule has 4 N–H and O–H groups in total. The molecule has 0 spiro atoms. The number of ether oxygens (including phenoxy) is 1. The average molecular weight is 463 g/mol. The molecule has 0 aliphatic heterocycles. The second kappa shape index (κ2) is 9.17. The van der Waals surface area contributed by atoms with Crippen molar-refractivity contribution in [2.45, 2.75) is 48.7 Å². The predicted octanol–water partition coefficient (Wildman–Crippen LogP) is 6.23. The molecule has 0 unspecified atom stereocenters. The van der Waals surface area contributed by atoms with E-state index < -0.39 is 17.3 Å². The van der Waals surface area contributed by atoms with E-state index in [1.807, 2.05) is 19.2 Å². The number of halogens is 3. The number of imidazole rings is 1. The summed E-state index contributed by atoms with van der Waals surface area (Å²) in [5.74, 6) is 1.43. The number of H-pyrrole nitrogens is 1. The van der Waals surface area contributed by atoms with E-state index in [2.05, 4.69) is 14.7 Å². The van der Waals surface area contributed by atoms with Crippen LogP contribution in [0.1, 0.15) is 43.5 Å². The van der Waals surface area contributed by atoms with Gasteiger partial charge in [0.15, 0.2) is 0 Å². The van der Waals surface area contributed by atoms with Gasteiger partial charge < -0.3 is 15.5 Å². The summed E-state index contributed by atoms with van der Waals surface area (Å²) in [6.45, 7) is 0. The first kappa shape index (κ1) is 22.7. The lowest BCUT2D eigenvalue weighted by Crippen LogP contribution is -2.39. The molecule has 1 aliphatic rings. The van der Waals surface area contributed by atoms with Gasteiger partial charge in [0.25, 0.3) is 0 Å². The molecule has 0 radical (unpaired) electrons. The minimum absolute atomic E-state index is 0.284. The first-order valence-electron chi connectivity index (χ1n) is 10.5. The van der Waals surface area contributed by atoms with E-state index in [4.69, 9.17) is 10.5 Å². The van der Waals surface area contributed by atoms with Gasteiger partial charge in [-0.2, -0.15) is 13.2 Å². The largest absolute Gasteiger partial charge is 0.457 e. The number of aromatic amines is 1. The standard InChI is InChI=1S/C23H25F3N4OS/c1-28-32-17-8-6-16(7-9-17)31-20-10-5-15(23(24,25)26)13-18(20)19-14-29-21(30-19)22(27)11-3-2-4-12-22/h5-10,13-14,28H,2-4,11-12,27H2,1H3,(H,29,30). The first-order valence-corrected chi connectivity index (χ1v) is 11.3. The third kappa shape index (κ3) is 4.95. The number of hydrogen-bond donors (Lipinski definition) is 3. The molecule has 0 saturated heterocycles. The van der Waals surface area contributed by atoms with Crippen LogP contribution in [0.5, 0.6) is 11.5 Å². The van der Waals surface area contributed by atoms with Gasteiger partial charge in [-0.15, -0.1) is 0 Å². The van der Waals surface area contributed by atoms with Crippen molar-refractivity contribution in [1.82, 2.24) is 14.7 Å². The monoisotopic (exact) mass is 462 g/mol. The lowest BCUT2D eigenvalue weighted by molar-refractivity contribution is -0.137.